The van der Waals surface area contributed by atoms with Crippen molar-refractivity contribution < 1.29 is 14.6 Å². The lowest BCUT2D eigenvalue weighted by atomic mass is 9.94. The molecule has 0 radical (unpaired) electrons. The fraction of sp³-hybridized carbons (Fsp3) is 1.00. The summed E-state index contributed by atoms with van der Waals surface area (Å²) in [6.07, 6.45) is -1.57. The Morgan fingerprint density at radius 3 is 2.33 bits per heavy atom. The van der Waals surface area contributed by atoms with Crippen LogP contribution in [0, 0.1) is 0 Å². The molecule has 0 amide bonds. The summed E-state index contributed by atoms with van der Waals surface area (Å²) in [7, 11) is 0. The topological polar surface area (TPSA) is 40.5 Å². The summed E-state index contributed by atoms with van der Waals surface area (Å²) in [6.45, 7) is 0. The average Bonchev–Trinajstić information content (AvgIpc) is 1.80. The highest BCUT2D eigenvalue weighted by molar-refractivity contribution is 4.78. The van der Waals surface area contributed by atoms with Gasteiger partial charge in [0.15, 0.2) is 0 Å². The van der Waals surface area contributed by atoms with E-state index in [0.717, 1.165) is 0 Å². The summed E-state index contributed by atoms with van der Waals surface area (Å²) >= 11 is 0. The smallest absolute Gasteiger partial charge is 0.128 e. The van der Waals surface area contributed by atoms with Crippen LogP contribution in [0.15, 0.2) is 0 Å². The highest BCUT2D eigenvalue weighted by Crippen LogP contribution is 2.21. The van der Waals surface area contributed by atoms with Crippen LogP contribution in [0.5, 0.6) is 0 Å². The van der Waals surface area contributed by atoms with Crippen LogP contribution in [0.3, 0.4) is 0 Å². The van der Waals surface area contributed by atoms with Gasteiger partial charge in [-0.15, -0.1) is 0 Å². The quantitative estimate of drug-likeness (QED) is 0.498. The Morgan fingerprint density at radius 1 is 1.22 bits per heavy atom. The van der Waals surface area contributed by atoms with E-state index in [-0.39, 0.29) is 6.42 Å². The summed E-state index contributed by atoms with van der Waals surface area (Å²) in [5.41, 5.74) is 0. The SMILES string of the molecule is O[C@@H]1CC[C@@H](O)[C@@H](F)C1. The summed E-state index contributed by atoms with van der Waals surface area (Å²) < 4.78 is 12.4. The number of halogens is 1. The molecule has 0 saturated heterocycles. The minimum Gasteiger partial charge on any atom is -0.393 e. The predicted octanol–water partition coefficient (Wildman–Crippen LogP) is 0.230. The molecule has 54 valence electrons. The molecule has 0 unspecified atom stereocenters. The second-order valence-corrected chi connectivity index (χ2v) is 2.55. The third-order valence-corrected chi connectivity index (χ3v) is 1.71. The second kappa shape index (κ2) is 2.62. The van der Waals surface area contributed by atoms with Crippen molar-refractivity contribution in [3.05, 3.63) is 0 Å². The number of hydrogen-bond acceptors (Lipinski definition) is 2. The Labute approximate surface area is 53.3 Å². The highest BCUT2D eigenvalue weighted by Gasteiger charge is 2.27. The van der Waals surface area contributed by atoms with Crippen molar-refractivity contribution in [3.8, 4) is 0 Å². The molecule has 9 heavy (non-hydrogen) atoms. The third-order valence-electron chi connectivity index (χ3n) is 1.71. The van der Waals surface area contributed by atoms with Crippen molar-refractivity contribution in [2.75, 3.05) is 0 Å². The maximum Gasteiger partial charge on any atom is 0.128 e. The van der Waals surface area contributed by atoms with Gasteiger partial charge in [-0.25, -0.2) is 4.39 Å². The van der Waals surface area contributed by atoms with E-state index in [1.54, 1.807) is 0 Å². The van der Waals surface area contributed by atoms with Gasteiger partial charge in [0, 0.05) is 6.42 Å². The molecule has 1 saturated carbocycles. The van der Waals surface area contributed by atoms with Crippen molar-refractivity contribution in [3.63, 3.8) is 0 Å². The molecule has 0 aliphatic heterocycles. The Balaban J connectivity index is 2.35. The number of hydrogen-bond donors (Lipinski definition) is 2. The van der Waals surface area contributed by atoms with Crippen LogP contribution >= 0.6 is 0 Å². The van der Waals surface area contributed by atoms with Gasteiger partial charge in [-0.1, -0.05) is 0 Å². The molecule has 1 rings (SSSR count). The van der Waals surface area contributed by atoms with E-state index in [2.05, 4.69) is 0 Å². The minimum absolute atomic E-state index is 0.0984. The molecule has 0 bridgehead atoms. The molecule has 0 aromatic carbocycles. The van der Waals surface area contributed by atoms with E-state index in [4.69, 9.17) is 10.2 Å². The molecule has 0 heterocycles. The van der Waals surface area contributed by atoms with E-state index >= 15 is 0 Å². The van der Waals surface area contributed by atoms with E-state index in [1.807, 2.05) is 0 Å². The lowest BCUT2D eigenvalue weighted by Gasteiger charge is -2.24. The first-order valence-corrected chi connectivity index (χ1v) is 3.20. The summed E-state index contributed by atoms with van der Waals surface area (Å²) in [5.74, 6) is 0. The summed E-state index contributed by atoms with van der Waals surface area (Å²) in [6, 6.07) is 0. The molecule has 0 aromatic heterocycles. The number of alkyl halides is 1. The van der Waals surface area contributed by atoms with Crippen molar-refractivity contribution in [2.24, 2.45) is 0 Å². The summed E-state index contributed by atoms with van der Waals surface area (Å²) in [5, 5.41) is 17.7. The first kappa shape index (κ1) is 6.96. The largest absolute Gasteiger partial charge is 0.393 e. The molecule has 0 aromatic rings. The van der Waals surface area contributed by atoms with Crippen molar-refractivity contribution in [1.29, 1.82) is 0 Å². The highest BCUT2D eigenvalue weighted by atomic mass is 19.1. The van der Waals surface area contributed by atoms with Crippen LogP contribution in [0.2, 0.25) is 0 Å². The number of rotatable bonds is 0. The van der Waals surface area contributed by atoms with Crippen LogP contribution in [0.1, 0.15) is 19.3 Å². The maximum atomic E-state index is 12.4. The second-order valence-electron chi connectivity index (χ2n) is 2.55. The van der Waals surface area contributed by atoms with Crippen LogP contribution in [-0.4, -0.2) is 28.6 Å². The van der Waals surface area contributed by atoms with E-state index < -0.39 is 18.4 Å². The van der Waals surface area contributed by atoms with E-state index in [9.17, 15) is 4.39 Å². The zero-order valence-electron chi connectivity index (χ0n) is 5.13. The van der Waals surface area contributed by atoms with Crippen molar-refractivity contribution >= 4 is 0 Å². The van der Waals surface area contributed by atoms with Gasteiger partial charge in [0.25, 0.3) is 0 Å². The first-order chi connectivity index (χ1) is 4.20. The molecular formula is C6H11FO2. The van der Waals surface area contributed by atoms with Gasteiger partial charge in [-0.2, -0.15) is 0 Å². The zero-order chi connectivity index (χ0) is 6.85. The Hall–Kier alpha value is -0.150. The maximum absolute atomic E-state index is 12.4. The zero-order valence-corrected chi connectivity index (χ0v) is 5.13. The van der Waals surface area contributed by atoms with Gasteiger partial charge in [0.2, 0.25) is 0 Å². The normalized spacial score (nSPS) is 45.0. The molecular weight excluding hydrogens is 123 g/mol. The van der Waals surface area contributed by atoms with Crippen molar-refractivity contribution in [1.82, 2.24) is 0 Å². The Bertz CT molecular complexity index is 97.1. The Kier molecular flexibility index (Phi) is 2.03. The van der Waals surface area contributed by atoms with Crippen LogP contribution in [0.4, 0.5) is 4.39 Å². The first-order valence-electron chi connectivity index (χ1n) is 3.20. The number of aliphatic hydroxyl groups excluding tert-OH is 2. The lowest BCUT2D eigenvalue weighted by Crippen LogP contribution is -2.32. The van der Waals surface area contributed by atoms with E-state index in [1.165, 1.54) is 0 Å². The minimum atomic E-state index is -1.21. The third kappa shape index (κ3) is 1.63. The molecule has 1 aliphatic rings. The number of aliphatic hydroxyl groups is 2. The lowest BCUT2D eigenvalue weighted by molar-refractivity contribution is -0.00952. The van der Waals surface area contributed by atoms with Gasteiger partial charge < -0.3 is 10.2 Å². The summed E-state index contributed by atoms with van der Waals surface area (Å²) in [4.78, 5) is 0. The van der Waals surface area contributed by atoms with Crippen LogP contribution in [-0.2, 0) is 0 Å². The van der Waals surface area contributed by atoms with Gasteiger partial charge in [-0.3, -0.25) is 0 Å². The van der Waals surface area contributed by atoms with Crippen LogP contribution in [0.25, 0.3) is 0 Å². The monoisotopic (exact) mass is 134 g/mol. The molecule has 1 fully saturated rings. The van der Waals surface area contributed by atoms with Crippen LogP contribution < -0.4 is 0 Å². The van der Waals surface area contributed by atoms with Gasteiger partial charge in [-0.05, 0) is 12.8 Å². The molecule has 1 aliphatic carbocycles. The molecule has 0 spiro atoms. The standard InChI is InChI=1S/C6H11FO2/c7-5-3-4(8)1-2-6(5)9/h4-6,8-9H,1-3H2/t4-,5+,6-/m1/s1. The van der Waals surface area contributed by atoms with Gasteiger partial charge in [0.1, 0.15) is 6.17 Å². The fourth-order valence-corrected chi connectivity index (χ4v) is 1.08. The average molecular weight is 134 g/mol. The van der Waals surface area contributed by atoms with Gasteiger partial charge in [0.05, 0.1) is 12.2 Å². The van der Waals surface area contributed by atoms with Gasteiger partial charge >= 0.3 is 0 Å². The molecule has 3 atom stereocenters. The Morgan fingerprint density at radius 2 is 1.89 bits per heavy atom. The molecule has 2 N–H and O–H groups in total. The van der Waals surface area contributed by atoms with Crippen molar-refractivity contribution in [2.45, 2.75) is 37.6 Å². The molecule has 3 heteroatoms. The fourth-order valence-electron chi connectivity index (χ4n) is 1.08. The predicted molar refractivity (Wildman–Crippen MR) is 30.8 cm³/mol. The van der Waals surface area contributed by atoms with E-state index in [0.29, 0.717) is 12.8 Å². The molecule has 2 nitrogen and oxygen atoms in total.